The van der Waals surface area contributed by atoms with Crippen LogP contribution in [0.4, 0.5) is 11.4 Å². The first kappa shape index (κ1) is 13.5. The molecule has 2 rings (SSSR count). The average Bonchev–Trinajstić information content (AvgIpc) is 2.34. The van der Waals surface area contributed by atoms with Crippen molar-refractivity contribution in [2.75, 3.05) is 11.1 Å². The number of carbonyl (C=O) groups excluding carboxylic acids is 1. The predicted octanol–water partition coefficient (Wildman–Crippen LogP) is 2.92. The summed E-state index contributed by atoms with van der Waals surface area (Å²) in [5.41, 5.74) is 8.89. The van der Waals surface area contributed by atoms with Crippen molar-refractivity contribution in [1.82, 2.24) is 4.98 Å². The number of rotatable bonds is 3. The minimum Gasteiger partial charge on any atom is -0.399 e. The molecule has 0 saturated carbocycles. The molecule has 0 radical (unpaired) electrons. The van der Waals surface area contributed by atoms with Crippen LogP contribution in [0.3, 0.4) is 0 Å². The molecule has 5 heteroatoms. The molecule has 0 aliphatic heterocycles. The summed E-state index contributed by atoms with van der Waals surface area (Å²) < 4.78 is 0.779. The van der Waals surface area contributed by atoms with Gasteiger partial charge in [0, 0.05) is 5.69 Å². The number of nitrogens with zero attached hydrogens (tertiary/aromatic N) is 1. The third kappa shape index (κ3) is 3.79. The zero-order valence-corrected chi connectivity index (χ0v) is 12.1. The van der Waals surface area contributed by atoms with Gasteiger partial charge in [-0.1, -0.05) is 12.1 Å². The highest BCUT2D eigenvalue weighted by molar-refractivity contribution is 9.10. The Morgan fingerprint density at radius 2 is 2.21 bits per heavy atom. The van der Waals surface area contributed by atoms with Crippen molar-refractivity contribution < 1.29 is 4.79 Å². The van der Waals surface area contributed by atoms with Gasteiger partial charge in [0.15, 0.2) is 0 Å². The molecule has 19 heavy (non-hydrogen) atoms. The molecule has 1 heterocycles. The van der Waals surface area contributed by atoms with E-state index < -0.39 is 0 Å². The number of aromatic nitrogens is 1. The van der Waals surface area contributed by atoms with Gasteiger partial charge in [-0.15, -0.1) is 0 Å². The standard InChI is InChI=1S/C14H14BrN3O/c1-9-5-12(8-17-14(9)15)18-13(19)7-10-3-2-4-11(16)6-10/h2-6,8H,7,16H2,1H3,(H,18,19). The Morgan fingerprint density at radius 3 is 2.89 bits per heavy atom. The summed E-state index contributed by atoms with van der Waals surface area (Å²) in [4.78, 5) is 16.0. The summed E-state index contributed by atoms with van der Waals surface area (Å²) in [6, 6.07) is 9.17. The Labute approximate surface area is 120 Å². The van der Waals surface area contributed by atoms with Crippen LogP contribution in [0, 0.1) is 6.92 Å². The van der Waals surface area contributed by atoms with Gasteiger partial charge in [0.25, 0.3) is 0 Å². The fourth-order valence-electron chi connectivity index (χ4n) is 1.72. The summed E-state index contributed by atoms with van der Waals surface area (Å²) in [6.07, 6.45) is 1.91. The second-order valence-corrected chi connectivity index (χ2v) is 5.05. The van der Waals surface area contributed by atoms with E-state index in [1.54, 1.807) is 18.3 Å². The maximum atomic E-state index is 11.9. The van der Waals surface area contributed by atoms with E-state index in [0.717, 1.165) is 15.7 Å². The number of anilines is 2. The molecule has 2 aromatic rings. The molecule has 1 amide bonds. The first-order valence-corrected chi connectivity index (χ1v) is 6.60. The van der Waals surface area contributed by atoms with E-state index in [4.69, 9.17) is 5.73 Å². The van der Waals surface area contributed by atoms with Gasteiger partial charge in [-0.25, -0.2) is 4.98 Å². The topological polar surface area (TPSA) is 68.0 Å². The second-order valence-electron chi connectivity index (χ2n) is 4.30. The number of nitrogen functional groups attached to an aromatic ring is 1. The summed E-state index contributed by atoms with van der Waals surface area (Å²) in [7, 11) is 0. The van der Waals surface area contributed by atoms with Crippen molar-refractivity contribution in [3.05, 3.63) is 52.3 Å². The Balaban J connectivity index is 2.03. The first-order chi connectivity index (χ1) is 9.04. The molecule has 3 N–H and O–H groups in total. The van der Waals surface area contributed by atoms with Crippen molar-refractivity contribution in [2.45, 2.75) is 13.3 Å². The monoisotopic (exact) mass is 319 g/mol. The third-order valence-corrected chi connectivity index (χ3v) is 3.44. The minimum atomic E-state index is -0.0888. The van der Waals surface area contributed by atoms with Gasteiger partial charge >= 0.3 is 0 Å². The molecule has 0 bridgehead atoms. The number of hydrogen-bond donors (Lipinski definition) is 2. The average molecular weight is 320 g/mol. The number of carbonyl (C=O) groups is 1. The van der Waals surface area contributed by atoms with Crippen LogP contribution >= 0.6 is 15.9 Å². The fraction of sp³-hybridized carbons (Fsp3) is 0.143. The van der Waals surface area contributed by atoms with Crippen LogP contribution in [0.15, 0.2) is 41.1 Å². The number of aryl methyl sites for hydroxylation is 1. The quantitative estimate of drug-likeness (QED) is 0.675. The predicted molar refractivity (Wildman–Crippen MR) is 79.9 cm³/mol. The van der Waals surface area contributed by atoms with Crippen molar-refractivity contribution >= 4 is 33.2 Å². The molecule has 0 aliphatic rings. The van der Waals surface area contributed by atoms with Gasteiger partial charge in [-0.3, -0.25) is 4.79 Å². The molecule has 1 aromatic heterocycles. The molecule has 4 nitrogen and oxygen atoms in total. The Hall–Kier alpha value is -1.88. The van der Waals surface area contributed by atoms with E-state index in [1.807, 2.05) is 25.1 Å². The lowest BCUT2D eigenvalue weighted by atomic mass is 10.1. The van der Waals surface area contributed by atoms with Crippen molar-refractivity contribution in [2.24, 2.45) is 0 Å². The zero-order chi connectivity index (χ0) is 13.8. The lowest BCUT2D eigenvalue weighted by Crippen LogP contribution is -2.14. The maximum Gasteiger partial charge on any atom is 0.228 e. The fourth-order valence-corrected chi connectivity index (χ4v) is 1.94. The van der Waals surface area contributed by atoms with E-state index in [0.29, 0.717) is 17.8 Å². The van der Waals surface area contributed by atoms with Crippen LogP contribution in [0.5, 0.6) is 0 Å². The Kier molecular flexibility index (Phi) is 4.16. The maximum absolute atomic E-state index is 11.9. The van der Waals surface area contributed by atoms with Crippen LogP contribution in [-0.4, -0.2) is 10.9 Å². The van der Waals surface area contributed by atoms with E-state index in [9.17, 15) is 4.79 Å². The highest BCUT2D eigenvalue weighted by atomic mass is 79.9. The van der Waals surface area contributed by atoms with Gasteiger partial charge < -0.3 is 11.1 Å². The molecule has 0 spiro atoms. The van der Waals surface area contributed by atoms with Crippen LogP contribution in [0.1, 0.15) is 11.1 Å². The first-order valence-electron chi connectivity index (χ1n) is 5.81. The number of halogens is 1. The van der Waals surface area contributed by atoms with Crippen LogP contribution in [0.25, 0.3) is 0 Å². The number of benzene rings is 1. The molecular formula is C14H14BrN3O. The molecule has 0 unspecified atom stereocenters. The van der Waals surface area contributed by atoms with Crippen LogP contribution in [-0.2, 0) is 11.2 Å². The summed E-state index contributed by atoms with van der Waals surface area (Å²) >= 11 is 3.32. The van der Waals surface area contributed by atoms with Crippen molar-refractivity contribution in [3.63, 3.8) is 0 Å². The molecule has 98 valence electrons. The number of pyridine rings is 1. The van der Waals surface area contributed by atoms with Crippen molar-refractivity contribution in [3.8, 4) is 0 Å². The van der Waals surface area contributed by atoms with Crippen molar-refractivity contribution in [1.29, 1.82) is 0 Å². The Bertz CT molecular complexity index is 613. The number of amides is 1. The summed E-state index contributed by atoms with van der Waals surface area (Å²) in [6.45, 7) is 1.92. The lowest BCUT2D eigenvalue weighted by molar-refractivity contribution is -0.115. The van der Waals surface area contributed by atoms with Gasteiger partial charge in [-0.05, 0) is 52.2 Å². The molecule has 0 atom stereocenters. The van der Waals surface area contributed by atoms with Crippen LogP contribution in [0.2, 0.25) is 0 Å². The molecule has 1 aromatic carbocycles. The van der Waals surface area contributed by atoms with Gasteiger partial charge in [0.05, 0.1) is 18.3 Å². The highest BCUT2D eigenvalue weighted by Crippen LogP contribution is 2.17. The van der Waals surface area contributed by atoms with E-state index in [2.05, 4.69) is 26.2 Å². The zero-order valence-electron chi connectivity index (χ0n) is 10.5. The second kappa shape index (κ2) is 5.84. The molecule has 0 fully saturated rings. The van der Waals surface area contributed by atoms with E-state index in [1.165, 1.54) is 0 Å². The summed E-state index contributed by atoms with van der Waals surface area (Å²) in [5.74, 6) is -0.0888. The van der Waals surface area contributed by atoms with Gasteiger partial charge in [0.2, 0.25) is 5.91 Å². The van der Waals surface area contributed by atoms with E-state index >= 15 is 0 Å². The highest BCUT2D eigenvalue weighted by Gasteiger charge is 2.06. The van der Waals surface area contributed by atoms with Gasteiger partial charge in [0.1, 0.15) is 4.60 Å². The lowest BCUT2D eigenvalue weighted by Gasteiger charge is -2.07. The minimum absolute atomic E-state index is 0.0888. The largest absolute Gasteiger partial charge is 0.399 e. The number of nitrogens with two attached hydrogens (primary N) is 1. The third-order valence-electron chi connectivity index (χ3n) is 2.61. The number of hydrogen-bond acceptors (Lipinski definition) is 3. The van der Waals surface area contributed by atoms with E-state index in [-0.39, 0.29) is 5.91 Å². The van der Waals surface area contributed by atoms with Crippen LogP contribution < -0.4 is 11.1 Å². The van der Waals surface area contributed by atoms with Gasteiger partial charge in [-0.2, -0.15) is 0 Å². The molecule has 0 aliphatic carbocycles. The summed E-state index contributed by atoms with van der Waals surface area (Å²) in [5, 5.41) is 2.81. The molecule has 0 saturated heterocycles. The smallest absolute Gasteiger partial charge is 0.228 e. The number of nitrogens with one attached hydrogen (secondary N) is 1. The normalized spacial score (nSPS) is 10.2. The SMILES string of the molecule is Cc1cc(NC(=O)Cc2cccc(N)c2)cnc1Br. The molecular weight excluding hydrogens is 306 g/mol. The Morgan fingerprint density at radius 1 is 1.42 bits per heavy atom.